The standard InChI is InChI=1S/C20H19BrN2O2/c1-23-18(16-7-2-3-8-17(16)21)9-10-19(23)20(25)22-12-14-5-4-6-15(11-14)13-24/h2-11,24H,12-13H2,1H3,(H,22,25). The molecule has 5 heteroatoms. The van der Waals surface area contributed by atoms with Crippen LogP contribution in [0, 0.1) is 0 Å². The maximum absolute atomic E-state index is 12.5. The summed E-state index contributed by atoms with van der Waals surface area (Å²) in [5, 5.41) is 12.1. The van der Waals surface area contributed by atoms with Crippen LogP contribution >= 0.6 is 15.9 Å². The second kappa shape index (κ2) is 7.68. The number of hydrogen-bond donors (Lipinski definition) is 2. The minimum atomic E-state index is -0.129. The number of amides is 1. The van der Waals surface area contributed by atoms with Crippen molar-refractivity contribution < 1.29 is 9.90 Å². The van der Waals surface area contributed by atoms with E-state index in [4.69, 9.17) is 0 Å². The maximum Gasteiger partial charge on any atom is 0.268 e. The largest absolute Gasteiger partial charge is 0.392 e. The summed E-state index contributed by atoms with van der Waals surface area (Å²) < 4.78 is 2.88. The van der Waals surface area contributed by atoms with E-state index in [1.807, 2.05) is 72.3 Å². The Morgan fingerprint density at radius 2 is 1.84 bits per heavy atom. The second-order valence-corrected chi connectivity index (χ2v) is 6.66. The molecule has 1 aromatic heterocycles. The SMILES string of the molecule is Cn1c(C(=O)NCc2cccc(CO)c2)ccc1-c1ccccc1Br. The van der Waals surface area contributed by atoms with Gasteiger partial charge >= 0.3 is 0 Å². The van der Waals surface area contributed by atoms with E-state index in [9.17, 15) is 9.90 Å². The molecule has 4 nitrogen and oxygen atoms in total. The predicted molar refractivity (Wildman–Crippen MR) is 102 cm³/mol. The highest BCUT2D eigenvalue weighted by molar-refractivity contribution is 9.10. The average Bonchev–Trinajstić information content (AvgIpc) is 3.01. The van der Waals surface area contributed by atoms with Crippen molar-refractivity contribution in [3.8, 4) is 11.3 Å². The summed E-state index contributed by atoms with van der Waals surface area (Å²) in [7, 11) is 1.88. The van der Waals surface area contributed by atoms with Gasteiger partial charge in [0.1, 0.15) is 5.69 Å². The molecule has 128 valence electrons. The van der Waals surface area contributed by atoms with Crippen molar-refractivity contribution in [2.75, 3.05) is 0 Å². The van der Waals surface area contributed by atoms with Crippen LogP contribution in [0.3, 0.4) is 0 Å². The normalized spacial score (nSPS) is 10.7. The molecule has 0 spiro atoms. The summed E-state index contributed by atoms with van der Waals surface area (Å²) >= 11 is 3.55. The third-order valence-corrected chi connectivity index (χ3v) is 4.82. The Hall–Kier alpha value is -2.37. The maximum atomic E-state index is 12.5. The Balaban J connectivity index is 1.76. The molecule has 0 atom stereocenters. The molecular weight excluding hydrogens is 380 g/mol. The Morgan fingerprint density at radius 1 is 1.08 bits per heavy atom. The number of aliphatic hydroxyl groups excluding tert-OH is 1. The van der Waals surface area contributed by atoms with Crippen LogP contribution in [0.4, 0.5) is 0 Å². The molecular formula is C20H19BrN2O2. The zero-order valence-electron chi connectivity index (χ0n) is 13.9. The van der Waals surface area contributed by atoms with E-state index in [0.29, 0.717) is 12.2 Å². The van der Waals surface area contributed by atoms with E-state index in [2.05, 4.69) is 21.2 Å². The number of carbonyl (C=O) groups excluding carboxylic acids is 1. The molecule has 3 rings (SSSR count). The van der Waals surface area contributed by atoms with Crippen molar-refractivity contribution >= 4 is 21.8 Å². The molecule has 0 aliphatic heterocycles. The average molecular weight is 399 g/mol. The fourth-order valence-corrected chi connectivity index (χ4v) is 3.28. The zero-order chi connectivity index (χ0) is 17.8. The number of hydrogen-bond acceptors (Lipinski definition) is 2. The van der Waals surface area contributed by atoms with Crippen molar-refractivity contribution in [3.05, 3.63) is 82.0 Å². The highest BCUT2D eigenvalue weighted by atomic mass is 79.9. The van der Waals surface area contributed by atoms with Gasteiger partial charge in [0.25, 0.3) is 5.91 Å². The van der Waals surface area contributed by atoms with E-state index in [1.54, 1.807) is 0 Å². The topological polar surface area (TPSA) is 54.3 Å². The summed E-state index contributed by atoms with van der Waals surface area (Å²) in [6, 6.07) is 19.3. The second-order valence-electron chi connectivity index (χ2n) is 5.80. The highest BCUT2D eigenvalue weighted by Crippen LogP contribution is 2.29. The van der Waals surface area contributed by atoms with Gasteiger partial charge in [-0.05, 0) is 29.3 Å². The monoisotopic (exact) mass is 398 g/mol. The zero-order valence-corrected chi connectivity index (χ0v) is 15.5. The third-order valence-electron chi connectivity index (χ3n) is 4.13. The van der Waals surface area contributed by atoms with Crippen LogP contribution in [0.2, 0.25) is 0 Å². The van der Waals surface area contributed by atoms with E-state index >= 15 is 0 Å². The molecule has 0 aliphatic rings. The lowest BCUT2D eigenvalue weighted by molar-refractivity contribution is 0.0943. The van der Waals surface area contributed by atoms with E-state index in [0.717, 1.165) is 26.9 Å². The van der Waals surface area contributed by atoms with Gasteiger partial charge in [0, 0.05) is 29.3 Å². The number of aliphatic hydroxyl groups is 1. The van der Waals surface area contributed by atoms with Crippen LogP contribution in [-0.2, 0) is 20.2 Å². The first-order valence-corrected chi connectivity index (χ1v) is 8.77. The molecule has 0 aliphatic carbocycles. The molecule has 0 bridgehead atoms. The Kier molecular flexibility index (Phi) is 5.36. The van der Waals surface area contributed by atoms with Gasteiger partial charge in [-0.1, -0.05) is 58.4 Å². The van der Waals surface area contributed by atoms with Crippen LogP contribution in [0.15, 0.2) is 65.1 Å². The van der Waals surface area contributed by atoms with Gasteiger partial charge in [0.05, 0.1) is 6.61 Å². The quantitative estimate of drug-likeness (QED) is 0.684. The Labute approximate surface area is 155 Å². The van der Waals surface area contributed by atoms with E-state index in [1.165, 1.54) is 0 Å². The van der Waals surface area contributed by atoms with Crippen LogP contribution in [0.25, 0.3) is 11.3 Å². The highest BCUT2D eigenvalue weighted by Gasteiger charge is 2.14. The Bertz CT molecular complexity index is 902. The van der Waals surface area contributed by atoms with Gasteiger partial charge in [-0.15, -0.1) is 0 Å². The van der Waals surface area contributed by atoms with E-state index < -0.39 is 0 Å². The van der Waals surface area contributed by atoms with Crippen molar-refractivity contribution in [1.29, 1.82) is 0 Å². The summed E-state index contributed by atoms with van der Waals surface area (Å²) in [4.78, 5) is 12.5. The molecule has 25 heavy (non-hydrogen) atoms. The summed E-state index contributed by atoms with van der Waals surface area (Å²) in [5.74, 6) is -0.129. The van der Waals surface area contributed by atoms with Crippen molar-refractivity contribution in [1.82, 2.24) is 9.88 Å². The van der Waals surface area contributed by atoms with Crippen LogP contribution in [0.5, 0.6) is 0 Å². The van der Waals surface area contributed by atoms with Crippen LogP contribution < -0.4 is 5.32 Å². The van der Waals surface area contributed by atoms with Crippen LogP contribution in [0.1, 0.15) is 21.6 Å². The molecule has 2 N–H and O–H groups in total. The van der Waals surface area contributed by atoms with E-state index in [-0.39, 0.29) is 12.5 Å². The number of halogens is 1. The number of aromatic nitrogens is 1. The first-order chi connectivity index (χ1) is 12.1. The molecule has 0 fully saturated rings. The molecule has 1 heterocycles. The first-order valence-electron chi connectivity index (χ1n) is 7.97. The molecule has 0 saturated heterocycles. The lowest BCUT2D eigenvalue weighted by atomic mass is 10.1. The first kappa shape index (κ1) is 17.5. The van der Waals surface area contributed by atoms with Crippen molar-refractivity contribution in [2.45, 2.75) is 13.2 Å². The van der Waals surface area contributed by atoms with Crippen LogP contribution in [-0.4, -0.2) is 15.6 Å². The third kappa shape index (κ3) is 3.83. The molecule has 0 unspecified atom stereocenters. The smallest absolute Gasteiger partial charge is 0.268 e. The Morgan fingerprint density at radius 3 is 2.60 bits per heavy atom. The van der Waals surface area contributed by atoms with Gasteiger partial charge in [0.2, 0.25) is 0 Å². The van der Waals surface area contributed by atoms with Gasteiger partial charge in [-0.3, -0.25) is 4.79 Å². The minimum absolute atomic E-state index is 0.00505. The van der Waals surface area contributed by atoms with Gasteiger partial charge in [0.15, 0.2) is 0 Å². The number of carbonyl (C=O) groups is 1. The molecule has 0 radical (unpaired) electrons. The van der Waals surface area contributed by atoms with Crippen molar-refractivity contribution in [3.63, 3.8) is 0 Å². The summed E-state index contributed by atoms with van der Waals surface area (Å²) in [6.07, 6.45) is 0. The fraction of sp³-hybridized carbons (Fsp3) is 0.150. The number of benzene rings is 2. The van der Waals surface area contributed by atoms with Gasteiger partial charge in [-0.2, -0.15) is 0 Å². The summed E-state index contributed by atoms with van der Waals surface area (Å²) in [6.45, 7) is 0.414. The molecule has 0 saturated carbocycles. The molecule has 3 aromatic rings. The van der Waals surface area contributed by atoms with Crippen molar-refractivity contribution in [2.24, 2.45) is 7.05 Å². The lowest BCUT2D eigenvalue weighted by Crippen LogP contribution is -2.25. The summed E-state index contributed by atoms with van der Waals surface area (Å²) in [5.41, 5.74) is 4.41. The number of nitrogens with zero attached hydrogens (tertiary/aromatic N) is 1. The molecule has 2 aromatic carbocycles. The number of rotatable bonds is 5. The lowest BCUT2D eigenvalue weighted by Gasteiger charge is -2.10. The molecule has 1 amide bonds. The predicted octanol–water partition coefficient (Wildman–Crippen LogP) is 3.88. The minimum Gasteiger partial charge on any atom is -0.392 e. The fourth-order valence-electron chi connectivity index (χ4n) is 2.79. The van der Waals surface area contributed by atoms with Gasteiger partial charge < -0.3 is 15.0 Å². The number of nitrogens with one attached hydrogen (secondary N) is 1. The van der Waals surface area contributed by atoms with Gasteiger partial charge in [-0.25, -0.2) is 0 Å².